The Labute approximate surface area is 120 Å². The molecule has 0 radical (unpaired) electrons. The first kappa shape index (κ1) is 18.0. The lowest BCUT2D eigenvalue weighted by Crippen LogP contribution is -2.43. The molecule has 0 aromatic heterocycles. The van der Waals surface area contributed by atoms with Crippen molar-refractivity contribution < 1.29 is 9.53 Å². The van der Waals surface area contributed by atoms with E-state index in [-0.39, 0.29) is 18.3 Å². The van der Waals surface area contributed by atoms with Crippen molar-refractivity contribution in [2.75, 3.05) is 33.1 Å². The number of nitrogens with one attached hydrogen (secondary N) is 2. The Balaban J connectivity index is 0.00000289. The van der Waals surface area contributed by atoms with Gasteiger partial charge in [-0.3, -0.25) is 4.79 Å². The Morgan fingerprint density at radius 2 is 2.22 bits per heavy atom. The number of hydrogen-bond donors (Lipinski definition) is 2. The molecule has 6 heteroatoms. The van der Waals surface area contributed by atoms with Crippen molar-refractivity contribution in [2.45, 2.75) is 37.0 Å². The van der Waals surface area contributed by atoms with E-state index in [0.717, 1.165) is 24.6 Å². The highest BCUT2D eigenvalue weighted by Gasteiger charge is 2.22. The van der Waals surface area contributed by atoms with E-state index in [1.54, 1.807) is 7.11 Å². The van der Waals surface area contributed by atoms with Crippen LogP contribution in [0.3, 0.4) is 0 Å². The Morgan fingerprint density at radius 3 is 2.89 bits per heavy atom. The normalized spacial score (nSPS) is 23.2. The summed E-state index contributed by atoms with van der Waals surface area (Å²) in [7, 11) is 1.66. The summed E-state index contributed by atoms with van der Waals surface area (Å²) in [6, 6.07) is 0.373. The van der Waals surface area contributed by atoms with Crippen LogP contribution in [0, 0.1) is 0 Å². The van der Waals surface area contributed by atoms with Gasteiger partial charge in [0.05, 0.1) is 13.2 Å². The summed E-state index contributed by atoms with van der Waals surface area (Å²) in [5, 5.41) is 6.88. The van der Waals surface area contributed by atoms with Gasteiger partial charge in [0.1, 0.15) is 0 Å². The highest BCUT2D eigenvalue weighted by Crippen LogP contribution is 2.26. The fourth-order valence-electron chi connectivity index (χ4n) is 2.14. The molecule has 1 aliphatic rings. The van der Waals surface area contributed by atoms with Crippen LogP contribution in [0.1, 0.15) is 25.7 Å². The Morgan fingerprint density at radius 1 is 1.44 bits per heavy atom. The molecule has 18 heavy (non-hydrogen) atoms. The Kier molecular flexibility index (Phi) is 10.9. The predicted molar refractivity (Wildman–Crippen MR) is 79.7 cm³/mol. The van der Waals surface area contributed by atoms with Crippen LogP contribution < -0.4 is 10.6 Å². The van der Waals surface area contributed by atoms with Gasteiger partial charge in [-0.05, 0) is 25.5 Å². The first-order valence-corrected chi connectivity index (χ1v) is 7.57. The van der Waals surface area contributed by atoms with Gasteiger partial charge in [-0.15, -0.1) is 12.4 Å². The summed E-state index contributed by atoms with van der Waals surface area (Å²) in [4.78, 5) is 11.6. The number of halogens is 1. The molecule has 0 aromatic rings. The summed E-state index contributed by atoms with van der Waals surface area (Å²) in [6.45, 7) is 1.76. The van der Waals surface area contributed by atoms with E-state index in [1.807, 2.05) is 11.8 Å². The van der Waals surface area contributed by atoms with Crippen LogP contribution in [0.4, 0.5) is 0 Å². The van der Waals surface area contributed by atoms with Crippen LogP contribution in [-0.4, -0.2) is 50.3 Å². The van der Waals surface area contributed by atoms with Crippen LogP contribution >= 0.6 is 24.2 Å². The topological polar surface area (TPSA) is 50.4 Å². The molecule has 1 aliphatic carbocycles. The lowest BCUT2D eigenvalue weighted by Gasteiger charge is -2.28. The minimum absolute atomic E-state index is 0. The van der Waals surface area contributed by atoms with Crippen molar-refractivity contribution in [3.63, 3.8) is 0 Å². The highest BCUT2D eigenvalue weighted by molar-refractivity contribution is 7.99. The molecule has 108 valence electrons. The molecule has 0 bridgehead atoms. The zero-order valence-electron chi connectivity index (χ0n) is 11.2. The van der Waals surface area contributed by atoms with Crippen LogP contribution in [0.25, 0.3) is 0 Å². The average molecular weight is 297 g/mol. The molecule has 1 saturated carbocycles. The van der Waals surface area contributed by atoms with Gasteiger partial charge in [0.15, 0.2) is 0 Å². The third-order valence-corrected chi connectivity index (χ3v) is 4.19. The average Bonchev–Trinajstić information content (AvgIpc) is 2.35. The van der Waals surface area contributed by atoms with Crippen molar-refractivity contribution in [1.82, 2.24) is 10.6 Å². The Bertz CT molecular complexity index is 232. The summed E-state index contributed by atoms with van der Waals surface area (Å²) in [6.07, 6.45) is 6.92. The minimum Gasteiger partial charge on any atom is -0.383 e. The molecule has 0 aliphatic heterocycles. The standard InChI is InChI=1S/C12H24N2O2S.ClH/c1-16-7-6-13-9-12(15)14-10-4-3-5-11(8-10)17-2;/h10-11,13H,3-9H2,1-2H3,(H,14,15);1H. The number of hydrogen-bond acceptors (Lipinski definition) is 4. The number of amides is 1. The van der Waals surface area contributed by atoms with E-state index >= 15 is 0 Å². The number of methoxy groups -OCH3 is 1. The largest absolute Gasteiger partial charge is 0.383 e. The van der Waals surface area contributed by atoms with Crippen molar-refractivity contribution in [3.8, 4) is 0 Å². The second kappa shape index (κ2) is 10.9. The van der Waals surface area contributed by atoms with E-state index in [9.17, 15) is 4.79 Å². The number of thioether (sulfide) groups is 1. The van der Waals surface area contributed by atoms with Gasteiger partial charge < -0.3 is 15.4 Å². The molecular weight excluding hydrogens is 272 g/mol. The predicted octanol–water partition coefficient (Wildman–Crippen LogP) is 1.43. The summed E-state index contributed by atoms with van der Waals surface area (Å²) < 4.78 is 4.91. The Hall–Kier alpha value is 0.0300. The molecule has 0 saturated heterocycles. The molecule has 2 N–H and O–H groups in total. The first-order chi connectivity index (χ1) is 8.26. The second-order valence-electron chi connectivity index (χ2n) is 4.46. The van der Waals surface area contributed by atoms with E-state index in [1.165, 1.54) is 12.8 Å². The number of ether oxygens (including phenoxy) is 1. The van der Waals surface area contributed by atoms with Crippen LogP contribution in [0.2, 0.25) is 0 Å². The van der Waals surface area contributed by atoms with E-state index in [4.69, 9.17) is 4.74 Å². The fourth-order valence-corrected chi connectivity index (χ4v) is 2.97. The molecule has 1 fully saturated rings. The lowest BCUT2D eigenvalue weighted by molar-refractivity contribution is -0.121. The number of rotatable bonds is 7. The fraction of sp³-hybridized carbons (Fsp3) is 0.917. The van der Waals surface area contributed by atoms with E-state index < -0.39 is 0 Å². The quantitative estimate of drug-likeness (QED) is 0.698. The SMILES string of the molecule is COCCNCC(=O)NC1CCCC(SC)C1.Cl. The highest BCUT2D eigenvalue weighted by atomic mass is 35.5. The third-order valence-electron chi connectivity index (χ3n) is 3.09. The molecule has 0 spiro atoms. The smallest absolute Gasteiger partial charge is 0.234 e. The van der Waals surface area contributed by atoms with Crippen LogP contribution in [0.15, 0.2) is 0 Å². The zero-order chi connectivity index (χ0) is 12.5. The molecule has 0 heterocycles. The van der Waals surface area contributed by atoms with Crippen molar-refractivity contribution in [2.24, 2.45) is 0 Å². The summed E-state index contributed by atoms with van der Waals surface area (Å²) >= 11 is 1.92. The van der Waals surface area contributed by atoms with Crippen molar-refractivity contribution in [3.05, 3.63) is 0 Å². The third kappa shape index (κ3) is 7.46. The monoisotopic (exact) mass is 296 g/mol. The molecule has 1 rings (SSSR count). The zero-order valence-corrected chi connectivity index (χ0v) is 12.9. The molecule has 4 nitrogen and oxygen atoms in total. The number of carbonyl (C=O) groups is 1. The minimum atomic E-state index is 0. The maximum Gasteiger partial charge on any atom is 0.234 e. The summed E-state index contributed by atoms with van der Waals surface area (Å²) in [5.74, 6) is 0.104. The van der Waals surface area contributed by atoms with Gasteiger partial charge in [0.25, 0.3) is 0 Å². The van der Waals surface area contributed by atoms with Gasteiger partial charge in [-0.25, -0.2) is 0 Å². The van der Waals surface area contributed by atoms with Gasteiger partial charge in [0.2, 0.25) is 5.91 Å². The molecule has 1 amide bonds. The summed E-state index contributed by atoms with van der Waals surface area (Å²) in [5.41, 5.74) is 0. The van der Waals surface area contributed by atoms with E-state index in [0.29, 0.717) is 19.2 Å². The first-order valence-electron chi connectivity index (χ1n) is 6.28. The molecule has 0 aromatic carbocycles. The molecule has 2 unspecified atom stereocenters. The van der Waals surface area contributed by atoms with Gasteiger partial charge >= 0.3 is 0 Å². The van der Waals surface area contributed by atoms with Crippen molar-refractivity contribution >= 4 is 30.1 Å². The van der Waals surface area contributed by atoms with Crippen LogP contribution in [0.5, 0.6) is 0 Å². The second-order valence-corrected chi connectivity index (χ2v) is 5.60. The molecular formula is C12H25ClN2O2S. The number of carbonyl (C=O) groups excluding carboxylic acids is 1. The van der Waals surface area contributed by atoms with Crippen molar-refractivity contribution in [1.29, 1.82) is 0 Å². The van der Waals surface area contributed by atoms with Gasteiger partial charge in [0, 0.05) is 24.9 Å². The molecule has 2 atom stereocenters. The van der Waals surface area contributed by atoms with Crippen LogP contribution in [-0.2, 0) is 9.53 Å². The lowest BCUT2D eigenvalue weighted by atomic mass is 9.95. The van der Waals surface area contributed by atoms with Gasteiger partial charge in [-0.2, -0.15) is 11.8 Å². The van der Waals surface area contributed by atoms with E-state index in [2.05, 4.69) is 16.9 Å². The maximum atomic E-state index is 11.6. The van der Waals surface area contributed by atoms with Gasteiger partial charge in [-0.1, -0.05) is 6.42 Å². The maximum absolute atomic E-state index is 11.6.